The predicted molar refractivity (Wildman–Crippen MR) is 76.6 cm³/mol. The fraction of sp³-hybridized carbons (Fsp3) is 0.133. The fourth-order valence-corrected chi connectivity index (χ4v) is 1.95. The third-order valence-corrected chi connectivity index (χ3v) is 3.16. The molecule has 1 N–H and O–H groups in total. The van der Waals surface area contributed by atoms with E-state index in [2.05, 4.69) is 0 Å². The first kappa shape index (κ1) is 15.0. The Morgan fingerprint density at radius 3 is 2.38 bits per heavy atom. The van der Waals surface area contributed by atoms with Crippen molar-refractivity contribution < 1.29 is 19.5 Å². The molecule has 0 saturated carbocycles. The molecule has 108 valence electrons. The first-order chi connectivity index (χ1) is 9.95. The van der Waals surface area contributed by atoms with E-state index in [1.54, 1.807) is 35.2 Å². The molecular formula is C15H12ClNO4. The average molecular weight is 306 g/mol. The van der Waals surface area contributed by atoms with E-state index in [1.807, 2.05) is 12.1 Å². The van der Waals surface area contributed by atoms with Crippen LogP contribution in [0.15, 0.2) is 42.7 Å². The minimum absolute atomic E-state index is 0.318. The van der Waals surface area contributed by atoms with Gasteiger partial charge in [-0.05, 0) is 23.8 Å². The highest BCUT2D eigenvalue weighted by molar-refractivity contribution is 6.37. The van der Waals surface area contributed by atoms with Crippen LogP contribution in [-0.4, -0.2) is 27.2 Å². The summed E-state index contributed by atoms with van der Waals surface area (Å²) in [5.41, 5.74) is 1.33. The van der Waals surface area contributed by atoms with Crippen molar-refractivity contribution >= 4 is 29.1 Å². The van der Waals surface area contributed by atoms with Crippen molar-refractivity contribution in [2.75, 3.05) is 0 Å². The van der Waals surface area contributed by atoms with E-state index >= 15 is 0 Å². The van der Waals surface area contributed by atoms with Crippen LogP contribution in [0, 0.1) is 0 Å². The highest BCUT2D eigenvalue weighted by Crippen LogP contribution is 2.12. The van der Waals surface area contributed by atoms with Crippen LogP contribution in [0.4, 0.5) is 0 Å². The maximum atomic E-state index is 11.8. The number of halogens is 1. The van der Waals surface area contributed by atoms with E-state index < -0.39 is 24.0 Å². The zero-order valence-electron chi connectivity index (χ0n) is 11.0. The Morgan fingerprint density at radius 1 is 1.10 bits per heavy atom. The summed E-state index contributed by atoms with van der Waals surface area (Å²) >= 11 is 5.80. The largest absolute Gasteiger partial charge is 0.475 e. The van der Waals surface area contributed by atoms with Crippen molar-refractivity contribution in [3.63, 3.8) is 0 Å². The van der Waals surface area contributed by atoms with Crippen LogP contribution in [-0.2, 0) is 16.1 Å². The standard InChI is InChI=1S/C15H12ClNO4/c16-12-3-1-10(2-4-12)8-17-6-5-11(9-17)13(18)7-14(19)15(20)21/h1-6,9H,7-8H2,(H,20,21). The number of Topliss-reactive ketones (excluding diaryl/α,β-unsaturated/α-hetero) is 2. The smallest absolute Gasteiger partial charge is 0.372 e. The summed E-state index contributed by atoms with van der Waals surface area (Å²) in [7, 11) is 0. The van der Waals surface area contributed by atoms with Crippen molar-refractivity contribution in [2.24, 2.45) is 0 Å². The van der Waals surface area contributed by atoms with Gasteiger partial charge < -0.3 is 9.67 Å². The molecule has 0 atom stereocenters. The molecule has 0 aliphatic heterocycles. The number of carbonyl (C=O) groups excluding carboxylic acids is 2. The van der Waals surface area contributed by atoms with E-state index in [1.165, 1.54) is 0 Å². The minimum atomic E-state index is -1.59. The second-order valence-corrected chi connectivity index (χ2v) is 4.96. The second-order valence-electron chi connectivity index (χ2n) is 4.53. The monoisotopic (exact) mass is 305 g/mol. The molecule has 1 aromatic heterocycles. The Labute approximate surface area is 125 Å². The molecule has 0 radical (unpaired) electrons. The quantitative estimate of drug-likeness (QED) is 0.505. The lowest BCUT2D eigenvalue weighted by Gasteiger charge is -2.03. The van der Waals surface area contributed by atoms with Crippen LogP contribution in [0.3, 0.4) is 0 Å². The van der Waals surface area contributed by atoms with Crippen LogP contribution in [0.1, 0.15) is 22.3 Å². The van der Waals surface area contributed by atoms with E-state index in [4.69, 9.17) is 16.7 Å². The van der Waals surface area contributed by atoms with Gasteiger partial charge >= 0.3 is 5.97 Å². The zero-order valence-corrected chi connectivity index (χ0v) is 11.7. The van der Waals surface area contributed by atoms with Crippen LogP contribution in [0.2, 0.25) is 5.02 Å². The van der Waals surface area contributed by atoms with Gasteiger partial charge in [-0.1, -0.05) is 23.7 Å². The third-order valence-electron chi connectivity index (χ3n) is 2.91. The number of nitrogens with zero attached hydrogens (tertiary/aromatic N) is 1. The van der Waals surface area contributed by atoms with Gasteiger partial charge in [-0.2, -0.15) is 0 Å². The Morgan fingerprint density at radius 2 is 1.76 bits per heavy atom. The number of aromatic nitrogens is 1. The van der Waals surface area contributed by atoms with Gasteiger partial charge in [0.1, 0.15) is 0 Å². The summed E-state index contributed by atoms with van der Waals surface area (Å²) in [6.07, 6.45) is 2.67. The van der Waals surface area contributed by atoms with Crippen LogP contribution < -0.4 is 0 Å². The molecule has 0 aliphatic carbocycles. The lowest BCUT2D eigenvalue weighted by atomic mass is 10.1. The highest BCUT2D eigenvalue weighted by Gasteiger charge is 2.18. The van der Waals surface area contributed by atoms with Gasteiger partial charge in [0.2, 0.25) is 5.78 Å². The molecule has 0 saturated heterocycles. The van der Waals surface area contributed by atoms with Crippen LogP contribution in [0.25, 0.3) is 0 Å². The summed E-state index contributed by atoms with van der Waals surface area (Å²) in [5.74, 6) is -3.20. The number of aliphatic carboxylic acids is 1. The summed E-state index contributed by atoms with van der Waals surface area (Å²) in [4.78, 5) is 33.2. The molecule has 0 fully saturated rings. The van der Waals surface area contributed by atoms with E-state index in [9.17, 15) is 14.4 Å². The Hall–Kier alpha value is -2.40. The molecule has 2 rings (SSSR count). The number of hydrogen-bond donors (Lipinski definition) is 1. The third kappa shape index (κ3) is 4.03. The number of ketones is 2. The van der Waals surface area contributed by atoms with Crippen molar-refractivity contribution in [3.05, 3.63) is 58.9 Å². The Balaban J connectivity index is 2.04. The van der Waals surface area contributed by atoms with Gasteiger partial charge in [-0.3, -0.25) is 9.59 Å². The van der Waals surface area contributed by atoms with Crippen molar-refractivity contribution in [1.29, 1.82) is 0 Å². The maximum Gasteiger partial charge on any atom is 0.372 e. The van der Waals surface area contributed by atoms with Gasteiger partial charge in [0.15, 0.2) is 5.78 Å². The van der Waals surface area contributed by atoms with Crippen molar-refractivity contribution in [2.45, 2.75) is 13.0 Å². The van der Waals surface area contributed by atoms with Crippen LogP contribution in [0.5, 0.6) is 0 Å². The second kappa shape index (κ2) is 6.37. The Bertz CT molecular complexity index is 688. The van der Waals surface area contributed by atoms with Gasteiger partial charge in [0.05, 0.1) is 6.42 Å². The predicted octanol–water partition coefficient (Wildman–Crippen LogP) is 2.42. The average Bonchev–Trinajstić information content (AvgIpc) is 2.90. The van der Waals surface area contributed by atoms with Gasteiger partial charge in [0.25, 0.3) is 0 Å². The normalized spacial score (nSPS) is 10.3. The van der Waals surface area contributed by atoms with E-state index in [0.717, 1.165) is 5.56 Å². The molecule has 5 nitrogen and oxygen atoms in total. The summed E-state index contributed by atoms with van der Waals surface area (Å²) < 4.78 is 1.78. The maximum absolute atomic E-state index is 11.8. The van der Waals surface area contributed by atoms with Gasteiger partial charge in [-0.15, -0.1) is 0 Å². The number of carboxylic acid groups (broad SMARTS) is 1. The number of carboxylic acids is 1. The summed E-state index contributed by atoms with van der Waals surface area (Å²) in [6, 6.07) is 8.86. The Kier molecular flexibility index (Phi) is 4.55. The molecule has 1 heterocycles. The highest BCUT2D eigenvalue weighted by atomic mass is 35.5. The molecule has 0 spiro atoms. The first-order valence-electron chi connectivity index (χ1n) is 6.15. The molecule has 2 aromatic rings. The fourth-order valence-electron chi connectivity index (χ4n) is 1.83. The number of benzene rings is 1. The van der Waals surface area contributed by atoms with Crippen LogP contribution >= 0.6 is 11.6 Å². The molecule has 0 unspecified atom stereocenters. The number of hydrogen-bond acceptors (Lipinski definition) is 3. The molecule has 6 heteroatoms. The SMILES string of the molecule is O=C(O)C(=O)CC(=O)c1ccn(Cc2ccc(Cl)cc2)c1. The van der Waals surface area contributed by atoms with Crippen molar-refractivity contribution in [1.82, 2.24) is 4.57 Å². The van der Waals surface area contributed by atoms with Crippen molar-refractivity contribution in [3.8, 4) is 0 Å². The number of carbonyl (C=O) groups is 3. The molecular weight excluding hydrogens is 294 g/mol. The summed E-state index contributed by atoms with van der Waals surface area (Å²) in [5, 5.41) is 9.13. The van der Waals surface area contributed by atoms with E-state index in [-0.39, 0.29) is 0 Å². The summed E-state index contributed by atoms with van der Waals surface area (Å²) in [6.45, 7) is 0.553. The number of rotatable bonds is 6. The molecule has 0 bridgehead atoms. The molecule has 0 aliphatic rings. The van der Waals surface area contributed by atoms with Gasteiger partial charge in [0, 0.05) is 29.5 Å². The topological polar surface area (TPSA) is 76.4 Å². The van der Waals surface area contributed by atoms with Gasteiger partial charge in [-0.25, -0.2) is 4.79 Å². The molecule has 21 heavy (non-hydrogen) atoms. The zero-order chi connectivity index (χ0) is 15.4. The molecule has 1 aromatic carbocycles. The lowest BCUT2D eigenvalue weighted by Crippen LogP contribution is -2.16. The first-order valence-corrected chi connectivity index (χ1v) is 6.53. The lowest BCUT2D eigenvalue weighted by molar-refractivity contribution is -0.148. The van der Waals surface area contributed by atoms with E-state index in [0.29, 0.717) is 17.1 Å². The minimum Gasteiger partial charge on any atom is -0.475 e. The molecule has 0 amide bonds.